The summed E-state index contributed by atoms with van der Waals surface area (Å²) >= 11 is 0. The lowest BCUT2D eigenvalue weighted by Gasteiger charge is -2.22. The van der Waals surface area contributed by atoms with Crippen molar-refractivity contribution in [3.63, 3.8) is 0 Å². The molecule has 118 valence electrons. The van der Waals surface area contributed by atoms with Crippen LogP contribution in [0, 0.1) is 5.92 Å². The molecular weight excluding hydrogens is 284 g/mol. The van der Waals surface area contributed by atoms with Gasteiger partial charge in [-0.2, -0.15) is 0 Å². The van der Waals surface area contributed by atoms with E-state index >= 15 is 0 Å². The number of anilines is 1. The maximum Gasteiger partial charge on any atom is 0.322 e. The zero-order valence-electron chi connectivity index (χ0n) is 12.8. The number of hydrogen-bond donors (Lipinski definition) is 4. The molecule has 1 aromatic rings. The molecule has 1 aromatic carbocycles. The van der Waals surface area contributed by atoms with Crippen LogP contribution < -0.4 is 21.7 Å². The molecule has 7 heteroatoms. The number of urea groups is 1. The first-order valence-electron chi connectivity index (χ1n) is 7.04. The van der Waals surface area contributed by atoms with Gasteiger partial charge in [0.15, 0.2) is 0 Å². The number of imide groups is 1. The summed E-state index contributed by atoms with van der Waals surface area (Å²) in [6, 6.07) is 5.61. The van der Waals surface area contributed by atoms with Crippen molar-refractivity contribution in [2.45, 2.75) is 32.4 Å². The third-order valence-corrected chi connectivity index (χ3v) is 3.77. The van der Waals surface area contributed by atoms with Crippen LogP contribution in [0.25, 0.3) is 0 Å². The van der Waals surface area contributed by atoms with Gasteiger partial charge in [-0.1, -0.05) is 26.0 Å². The molecule has 1 unspecified atom stereocenters. The van der Waals surface area contributed by atoms with Crippen LogP contribution in [0.4, 0.5) is 10.5 Å². The second kappa shape index (κ2) is 5.76. The standard InChI is InChI=1S/C15H20N4O3/c1-8(2)11(16)12(20)17-10-6-4-5-9(7-10)15(3)13(21)18-14(22)19-15/h4-8,11H,16H2,1-3H3,(H,17,20)(H2,18,19,21,22)/t11-,15?/m0/s1. The van der Waals surface area contributed by atoms with E-state index in [1.54, 1.807) is 31.2 Å². The van der Waals surface area contributed by atoms with Gasteiger partial charge in [-0.25, -0.2) is 4.79 Å². The highest BCUT2D eigenvalue weighted by Gasteiger charge is 2.43. The van der Waals surface area contributed by atoms with Crippen LogP contribution in [0.15, 0.2) is 24.3 Å². The highest BCUT2D eigenvalue weighted by molar-refractivity contribution is 6.07. The largest absolute Gasteiger partial charge is 0.325 e. The highest BCUT2D eigenvalue weighted by Crippen LogP contribution is 2.26. The molecule has 2 rings (SSSR count). The van der Waals surface area contributed by atoms with Crippen molar-refractivity contribution < 1.29 is 14.4 Å². The molecule has 2 atom stereocenters. The van der Waals surface area contributed by atoms with Gasteiger partial charge < -0.3 is 16.4 Å². The van der Waals surface area contributed by atoms with Gasteiger partial charge in [0.25, 0.3) is 5.91 Å². The van der Waals surface area contributed by atoms with Crippen LogP contribution in [0.2, 0.25) is 0 Å². The van der Waals surface area contributed by atoms with E-state index in [0.717, 1.165) is 0 Å². The lowest BCUT2D eigenvalue weighted by atomic mass is 9.92. The summed E-state index contributed by atoms with van der Waals surface area (Å²) in [5, 5.41) is 7.51. The van der Waals surface area contributed by atoms with E-state index in [-0.39, 0.29) is 11.8 Å². The van der Waals surface area contributed by atoms with E-state index in [1.807, 2.05) is 13.8 Å². The monoisotopic (exact) mass is 304 g/mol. The molecule has 1 heterocycles. The second-order valence-corrected chi connectivity index (χ2v) is 5.87. The summed E-state index contributed by atoms with van der Waals surface area (Å²) < 4.78 is 0. The van der Waals surface area contributed by atoms with Crippen molar-refractivity contribution >= 4 is 23.5 Å². The van der Waals surface area contributed by atoms with Gasteiger partial charge in [-0.05, 0) is 30.5 Å². The fourth-order valence-corrected chi connectivity index (χ4v) is 2.18. The molecule has 0 radical (unpaired) electrons. The quantitative estimate of drug-likeness (QED) is 0.612. The Hall–Kier alpha value is -2.41. The van der Waals surface area contributed by atoms with Crippen molar-refractivity contribution in [1.29, 1.82) is 0 Å². The van der Waals surface area contributed by atoms with E-state index in [9.17, 15) is 14.4 Å². The van der Waals surface area contributed by atoms with Gasteiger partial charge in [-0.15, -0.1) is 0 Å². The zero-order valence-corrected chi connectivity index (χ0v) is 12.8. The van der Waals surface area contributed by atoms with Crippen molar-refractivity contribution in [1.82, 2.24) is 10.6 Å². The molecular formula is C15H20N4O3. The Morgan fingerprint density at radius 1 is 1.32 bits per heavy atom. The summed E-state index contributed by atoms with van der Waals surface area (Å²) in [7, 11) is 0. The lowest BCUT2D eigenvalue weighted by Crippen LogP contribution is -2.41. The number of rotatable bonds is 4. The highest BCUT2D eigenvalue weighted by atomic mass is 16.2. The zero-order chi connectivity index (χ0) is 16.5. The normalized spacial score (nSPS) is 22.2. The molecule has 0 aliphatic carbocycles. The molecule has 5 N–H and O–H groups in total. The minimum absolute atomic E-state index is 0.0144. The predicted octanol–water partition coefficient (Wildman–Crippen LogP) is 0.663. The first-order valence-corrected chi connectivity index (χ1v) is 7.04. The Balaban J connectivity index is 2.22. The number of hydrogen-bond acceptors (Lipinski definition) is 4. The van der Waals surface area contributed by atoms with E-state index in [2.05, 4.69) is 16.0 Å². The number of carbonyl (C=O) groups is 3. The average Bonchev–Trinajstić information content (AvgIpc) is 2.72. The molecule has 1 aliphatic rings. The minimum Gasteiger partial charge on any atom is -0.325 e. The van der Waals surface area contributed by atoms with Gasteiger partial charge in [-0.3, -0.25) is 14.9 Å². The Kier molecular flexibility index (Phi) is 4.18. The molecule has 0 saturated carbocycles. The maximum absolute atomic E-state index is 12.0. The molecule has 7 nitrogen and oxygen atoms in total. The second-order valence-electron chi connectivity index (χ2n) is 5.87. The van der Waals surface area contributed by atoms with E-state index in [4.69, 9.17) is 5.73 Å². The molecule has 0 bridgehead atoms. The molecule has 22 heavy (non-hydrogen) atoms. The molecule has 4 amide bonds. The number of amides is 4. The molecule has 1 fully saturated rings. The number of nitrogens with one attached hydrogen (secondary N) is 3. The molecule has 1 saturated heterocycles. The van der Waals surface area contributed by atoms with Crippen LogP contribution in [-0.4, -0.2) is 23.9 Å². The van der Waals surface area contributed by atoms with Crippen molar-refractivity contribution in [2.24, 2.45) is 11.7 Å². The fraction of sp³-hybridized carbons (Fsp3) is 0.400. The van der Waals surface area contributed by atoms with Gasteiger partial charge in [0.2, 0.25) is 5.91 Å². The maximum atomic E-state index is 12.0. The third kappa shape index (κ3) is 2.94. The van der Waals surface area contributed by atoms with E-state index in [1.165, 1.54) is 0 Å². The van der Waals surface area contributed by atoms with Gasteiger partial charge in [0.1, 0.15) is 5.54 Å². The minimum atomic E-state index is -1.15. The van der Waals surface area contributed by atoms with Crippen LogP contribution in [-0.2, 0) is 15.1 Å². The molecule has 0 aromatic heterocycles. The first-order chi connectivity index (χ1) is 10.2. The van der Waals surface area contributed by atoms with Crippen molar-refractivity contribution in [3.8, 4) is 0 Å². The summed E-state index contributed by atoms with van der Waals surface area (Å²) in [5.41, 5.74) is 5.74. The van der Waals surface area contributed by atoms with E-state index < -0.39 is 23.5 Å². The topological polar surface area (TPSA) is 113 Å². The smallest absolute Gasteiger partial charge is 0.322 e. The number of nitrogens with two attached hydrogens (primary N) is 1. The SMILES string of the molecule is CC(C)[C@H](N)C(=O)Nc1cccc(C2(C)NC(=O)NC2=O)c1. The lowest BCUT2D eigenvalue weighted by molar-refractivity contribution is -0.123. The predicted molar refractivity (Wildman–Crippen MR) is 81.9 cm³/mol. The van der Waals surface area contributed by atoms with Gasteiger partial charge in [0, 0.05) is 5.69 Å². The summed E-state index contributed by atoms with van der Waals surface area (Å²) in [5.74, 6) is -0.710. The van der Waals surface area contributed by atoms with Crippen LogP contribution in [0.3, 0.4) is 0 Å². The Labute approximate surface area is 128 Å². The third-order valence-electron chi connectivity index (χ3n) is 3.77. The summed E-state index contributed by atoms with van der Waals surface area (Å²) in [6.45, 7) is 5.33. The number of benzene rings is 1. The van der Waals surface area contributed by atoms with Crippen molar-refractivity contribution in [3.05, 3.63) is 29.8 Å². The Morgan fingerprint density at radius 2 is 2.00 bits per heavy atom. The molecule has 0 spiro atoms. The Morgan fingerprint density at radius 3 is 2.55 bits per heavy atom. The van der Waals surface area contributed by atoms with Crippen LogP contribution in [0.1, 0.15) is 26.3 Å². The van der Waals surface area contributed by atoms with Crippen LogP contribution >= 0.6 is 0 Å². The Bertz CT molecular complexity index is 629. The number of carbonyl (C=O) groups excluding carboxylic acids is 3. The summed E-state index contributed by atoms with van der Waals surface area (Å²) in [4.78, 5) is 35.3. The van der Waals surface area contributed by atoms with Crippen LogP contribution in [0.5, 0.6) is 0 Å². The average molecular weight is 304 g/mol. The fourth-order valence-electron chi connectivity index (χ4n) is 2.18. The first kappa shape index (κ1) is 16.0. The summed E-state index contributed by atoms with van der Waals surface area (Å²) in [6.07, 6.45) is 0. The van der Waals surface area contributed by atoms with Gasteiger partial charge in [0.05, 0.1) is 6.04 Å². The van der Waals surface area contributed by atoms with E-state index in [0.29, 0.717) is 11.3 Å². The van der Waals surface area contributed by atoms with Crippen molar-refractivity contribution in [2.75, 3.05) is 5.32 Å². The van der Waals surface area contributed by atoms with Gasteiger partial charge >= 0.3 is 6.03 Å². The molecule has 1 aliphatic heterocycles.